The maximum atomic E-state index is 9.33. The number of hydrogen-bond acceptors (Lipinski definition) is 1. The van der Waals surface area contributed by atoms with E-state index in [1.165, 1.54) is 0 Å². The van der Waals surface area contributed by atoms with Gasteiger partial charge in [-0.25, -0.2) is 0 Å². The van der Waals surface area contributed by atoms with Crippen LogP contribution in [-0.4, -0.2) is 11.2 Å². The highest BCUT2D eigenvalue weighted by Gasteiger charge is 2.69. The molecule has 2 rings (SSSR count). The molecular formula is C9H16O. The van der Waals surface area contributed by atoms with E-state index in [9.17, 15) is 5.11 Å². The van der Waals surface area contributed by atoms with Crippen LogP contribution in [0.25, 0.3) is 0 Å². The van der Waals surface area contributed by atoms with Gasteiger partial charge in [0.2, 0.25) is 0 Å². The second-order valence-electron chi connectivity index (χ2n) is 4.25. The predicted molar refractivity (Wildman–Crippen MR) is 40.5 cm³/mol. The van der Waals surface area contributed by atoms with Gasteiger partial charge in [0.15, 0.2) is 0 Å². The summed E-state index contributed by atoms with van der Waals surface area (Å²) < 4.78 is 0. The SMILES string of the molecule is CC1C(O)CC12C(C)C2C. The highest BCUT2D eigenvalue weighted by molar-refractivity contribution is 5.17. The molecule has 0 aliphatic heterocycles. The van der Waals surface area contributed by atoms with Crippen LogP contribution in [0, 0.1) is 23.2 Å². The van der Waals surface area contributed by atoms with Gasteiger partial charge in [-0.2, -0.15) is 0 Å². The summed E-state index contributed by atoms with van der Waals surface area (Å²) in [6.45, 7) is 6.81. The molecule has 1 heteroatoms. The first-order valence-electron chi connectivity index (χ1n) is 4.28. The van der Waals surface area contributed by atoms with Gasteiger partial charge in [0.05, 0.1) is 6.10 Å². The number of hydrogen-bond donors (Lipinski definition) is 1. The third-order valence-electron chi connectivity index (χ3n) is 4.32. The lowest BCUT2D eigenvalue weighted by Crippen LogP contribution is -2.42. The van der Waals surface area contributed by atoms with Crippen molar-refractivity contribution in [2.75, 3.05) is 0 Å². The molecule has 0 aromatic rings. The third-order valence-corrected chi connectivity index (χ3v) is 4.32. The zero-order valence-corrected chi connectivity index (χ0v) is 6.96. The fourth-order valence-corrected chi connectivity index (χ4v) is 3.02. The average Bonchev–Trinajstić information content (AvgIpc) is 2.43. The lowest BCUT2D eigenvalue weighted by molar-refractivity contribution is -0.0521. The van der Waals surface area contributed by atoms with E-state index in [-0.39, 0.29) is 6.10 Å². The van der Waals surface area contributed by atoms with Crippen molar-refractivity contribution >= 4 is 0 Å². The van der Waals surface area contributed by atoms with Gasteiger partial charge in [-0.15, -0.1) is 0 Å². The Morgan fingerprint density at radius 3 is 1.70 bits per heavy atom. The first-order chi connectivity index (χ1) is 4.60. The molecule has 2 saturated carbocycles. The van der Waals surface area contributed by atoms with Crippen molar-refractivity contribution in [2.24, 2.45) is 23.2 Å². The Hall–Kier alpha value is -0.0400. The smallest absolute Gasteiger partial charge is 0.0576 e. The van der Waals surface area contributed by atoms with Crippen LogP contribution in [0.15, 0.2) is 0 Å². The van der Waals surface area contributed by atoms with Crippen LogP contribution in [0.1, 0.15) is 27.2 Å². The van der Waals surface area contributed by atoms with E-state index in [2.05, 4.69) is 20.8 Å². The molecule has 0 aromatic heterocycles. The minimum Gasteiger partial charge on any atom is -0.393 e. The molecule has 1 spiro atoms. The Labute approximate surface area is 62.4 Å². The molecule has 1 N–H and O–H groups in total. The Balaban J connectivity index is 2.10. The minimum absolute atomic E-state index is 0.00685. The fraction of sp³-hybridized carbons (Fsp3) is 1.00. The minimum atomic E-state index is 0.00685. The highest BCUT2D eigenvalue weighted by atomic mass is 16.3. The molecule has 1 nitrogen and oxygen atoms in total. The van der Waals surface area contributed by atoms with Gasteiger partial charge in [-0.3, -0.25) is 0 Å². The molecule has 0 saturated heterocycles. The maximum absolute atomic E-state index is 9.33. The largest absolute Gasteiger partial charge is 0.393 e. The molecule has 2 aliphatic carbocycles. The van der Waals surface area contributed by atoms with Gasteiger partial charge in [0, 0.05) is 0 Å². The van der Waals surface area contributed by atoms with E-state index in [1.54, 1.807) is 0 Å². The maximum Gasteiger partial charge on any atom is 0.0576 e. The van der Waals surface area contributed by atoms with Crippen molar-refractivity contribution in [3.05, 3.63) is 0 Å². The summed E-state index contributed by atoms with van der Waals surface area (Å²) in [6.07, 6.45) is 1.07. The molecule has 58 valence electrons. The zero-order valence-electron chi connectivity index (χ0n) is 6.96. The molecule has 4 atom stereocenters. The second kappa shape index (κ2) is 1.58. The van der Waals surface area contributed by atoms with Gasteiger partial charge in [0.25, 0.3) is 0 Å². The molecular weight excluding hydrogens is 124 g/mol. The van der Waals surface area contributed by atoms with Crippen LogP contribution >= 0.6 is 0 Å². The van der Waals surface area contributed by atoms with Crippen LogP contribution in [0.5, 0.6) is 0 Å². The lowest BCUT2D eigenvalue weighted by Gasteiger charge is -2.42. The van der Waals surface area contributed by atoms with Crippen molar-refractivity contribution in [3.63, 3.8) is 0 Å². The normalized spacial score (nSPS) is 66.0. The quantitative estimate of drug-likeness (QED) is 0.542. The van der Waals surface area contributed by atoms with Crippen molar-refractivity contribution in [2.45, 2.75) is 33.3 Å². The summed E-state index contributed by atoms with van der Waals surface area (Å²) in [6, 6.07) is 0. The van der Waals surface area contributed by atoms with Crippen LogP contribution < -0.4 is 0 Å². The Kier molecular flexibility index (Phi) is 1.05. The summed E-state index contributed by atoms with van der Waals surface area (Å²) in [5, 5.41) is 9.33. The van der Waals surface area contributed by atoms with Gasteiger partial charge in [-0.1, -0.05) is 20.8 Å². The molecule has 0 aromatic carbocycles. The van der Waals surface area contributed by atoms with Gasteiger partial charge >= 0.3 is 0 Å². The average molecular weight is 140 g/mol. The van der Waals surface area contributed by atoms with E-state index in [4.69, 9.17) is 0 Å². The molecule has 10 heavy (non-hydrogen) atoms. The molecule has 0 radical (unpaired) electrons. The van der Waals surface area contributed by atoms with E-state index in [0.29, 0.717) is 11.3 Å². The summed E-state index contributed by atoms with van der Waals surface area (Å²) >= 11 is 0. The van der Waals surface area contributed by atoms with E-state index in [0.717, 1.165) is 18.3 Å². The standard InChI is InChI=1S/C9H16O/c1-5-6(2)9(5)4-8(10)7(9)3/h5-8,10H,4H2,1-3H3. The molecule has 2 aliphatic rings. The molecule has 0 amide bonds. The topological polar surface area (TPSA) is 20.2 Å². The summed E-state index contributed by atoms with van der Waals surface area (Å²) in [5.74, 6) is 2.30. The van der Waals surface area contributed by atoms with Crippen LogP contribution in [0.3, 0.4) is 0 Å². The molecule has 0 heterocycles. The van der Waals surface area contributed by atoms with Gasteiger partial charge < -0.3 is 5.11 Å². The van der Waals surface area contributed by atoms with Crippen molar-refractivity contribution < 1.29 is 5.11 Å². The monoisotopic (exact) mass is 140 g/mol. The fourth-order valence-electron chi connectivity index (χ4n) is 3.02. The lowest BCUT2D eigenvalue weighted by atomic mass is 9.66. The van der Waals surface area contributed by atoms with Crippen molar-refractivity contribution in [3.8, 4) is 0 Å². The highest BCUT2D eigenvalue weighted by Crippen LogP contribution is 2.72. The van der Waals surface area contributed by atoms with E-state index in [1.807, 2.05) is 0 Å². The van der Waals surface area contributed by atoms with E-state index >= 15 is 0 Å². The van der Waals surface area contributed by atoms with Crippen LogP contribution in [0.2, 0.25) is 0 Å². The molecule has 4 unspecified atom stereocenters. The second-order valence-corrected chi connectivity index (χ2v) is 4.25. The number of rotatable bonds is 0. The molecule has 2 fully saturated rings. The van der Waals surface area contributed by atoms with Crippen LogP contribution in [0.4, 0.5) is 0 Å². The Bertz CT molecular complexity index is 156. The molecule has 0 bridgehead atoms. The third kappa shape index (κ3) is 0.460. The first kappa shape index (κ1) is 6.66. The summed E-state index contributed by atoms with van der Waals surface area (Å²) in [4.78, 5) is 0. The predicted octanol–water partition coefficient (Wildman–Crippen LogP) is 1.66. The number of aliphatic hydroxyl groups is 1. The van der Waals surface area contributed by atoms with E-state index < -0.39 is 0 Å². The van der Waals surface area contributed by atoms with Crippen LogP contribution in [-0.2, 0) is 0 Å². The summed E-state index contributed by atoms with van der Waals surface area (Å²) in [7, 11) is 0. The van der Waals surface area contributed by atoms with Crippen molar-refractivity contribution in [1.82, 2.24) is 0 Å². The first-order valence-corrected chi connectivity index (χ1v) is 4.28. The Morgan fingerprint density at radius 2 is 1.60 bits per heavy atom. The number of aliphatic hydroxyl groups excluding tert-OH is 1. The van der Waals surface area contributed by atoms with Gasteiger partial charge in [0.1, 0.15) is 0 Å². The Morgan fingerprint density at radius 1 is 1.10 bits per heavy atom. The zero-order chi connectivity index (χ0) is 7.52. The van der Waals surface area contributed by atoms with Gasteiger partial charge in [-0.05, 0) is 29.6 Å². The summed E-state index contributed by atoms with van der Waals surface area (Å²) in [5.41, 5.74) is 0.569. The van der Waals surface area contributed by atoms with Crippen molar-refractivity contribution in [1.29, 1.82) is 0 Å².